The summed E-state index contributed by atoms with van der Waals surface area (Å²) in [5.41, 5.74) is 0.384. The number of benzene rings is 1. The summed E-state index contributed by atoms with van der Waals surface area (Å²) in [6.07, 6.45) is 0. The van der Waals surface area contributed by atoms with Crippen molar-refractivity contribution in [1.29, 1.82) is 0 Å². The summed E-state index contributed by atoms with van der Waals surface area (Å²) < 4.78 is 38.6. The summed E-state index contributed by atoms with van der Waals surface area (Å²) >= 11 is 1.31. The molecule has 1 N–H and O–H groups in total. The van der Waals surface area contributed by atoms with E-state index in [9.17, 15) is 8.42 Å². The Morgan fingerprint density at radius 3 is 2.79 bits per heavy atom. The molecule has 1 aromatic carbocycles. The van der Waals surface area contributed by atoms with Crippen molar-refractivity contribution in [3.05, 3.63) is 41.5 Å². The lowest BCUT2D eigenvalue weighted by Gasteiger charge is -2.12. The van der Waals surface area contributed by atoms with Crippen molar-refractivity contribution in [1.82, 2.24) is 10.1 Å². The number of nitrogens with zero attached hydrogens (tertiary/aromatic N) is 2. The molecule has 3 rings (SSSR count). The number of sulfonamides is 1. The van der Waals surface area contributed by atoms with Gasteiger partial charge >= 0.3 is 0 Å². The van der Waals surface area contributed by atoms with Gasteiger partial charge < -0.3 is 9.26 Å². The molecule has 0 fully saturated rings. The van der Waals surface area contributed by atoms with E-state index in [2.05, 4.69) is 14.9 Å². The highest BCUT2D eigenvalue weighted by molar-refractivity contribution is 7.92. The third kappa shape index (κ3) is 3.26. The van der Waals surface area contributed by atoms with Gasteiger partial charge in [-0.15, -0.1) is 11.3 Å². The molecule has 7 nitrogen and oxygen atoms in total. The first-order chi connectivity index (χ1) is 11.5. The van der Waals surface area contributed by atoms with Gasteiger partial charge in [-0.25, -0.2) is 8.42 Å². The Hall–Kier alpha value is -2.39. The van der Waals surface area contributed by atoms with Crippen LogP contribution in [0.5, 0.6) is 5.75 Å². The Bertz CT molecular complexity index is 947. The maximum atomic E-state index is 12.7. The van der Waals surface area contributed by atoms with E-state index in [-0.39, 0.29) is 10.8 Å². The first-order valence-electron chi connectivity index (χ1n) is 7.14. The highest BCUT2D eigenvalue weighted by atomic mass is 32.2. The van der Waals surface area contributed by atoms with E-state index in [1.165, 1.54) is 17.4 Å². The Labute approximate surface area is 143 Å². The lowest BCUT2D eigenvalue weighted by atomic mass is 10.3. The first kappa shape index (κ1) is 16.5. The molecule has 0 unspecified atom stereocenters. The molecule has 2 heterocycles. The number of hydrogen-bond donors (Lipinski definition) is 1. The van der Waals surface area contributed by atoms with Crippen molar-refractivity contribution in [3.63, 3.8) is 0 Å². The van der Waals surface area contributed by atoms with Crippen LogP contribution in [0.4, 0.5) is 5.69 Å². The summed E-state index contributed by atoms with van der Waals surface area (Å²) in [4.78, 5) is 4.77. The van der Waals surface area contributed by atoms with Crippen LogP contribution in [0.25, 0.3) is 10.8 Å². The number of nitrogens with one attached hydrogen (secondary N) is 1. The lowest BCUT2D eigenvalue weighted by molar-refractivity contribution is 0.331. The number of hydrogen-bond acceptors (Lipinski definition) is 7. The largest absolute Gasteiger partial charge is 0.492 e. The normalized spacial score (nSPS) is 11.4. The molecule has 126 valence electrons. The van der Waals surface area contributed by atoms with Crippen LogP contribution in [0.2, 0.25) is 0 Å². The number of para-hydroxylation sites is 1. The summed E-state index contributed by atoms with van der Waals surface area (Å²) in [6, 6.07) is 8.14. The molecule has 3 aromatic rings. The van der Waals surface area contributed by atoms with Crippen LogP contribution in [0.3, 0.4) is 0 Å². The molecule has 0 saturated carbocycles. The van der Waals surface area contributed by atoms with Crippen LogP contribution in [0.15, 0.2) is 45.1 Å². The number of ether oxygens (including phenoxy) is 1. The van der Waals surface area contributed by atoms with Gasteiger partial charge in [0.1, 0.15) is 15.5 Å². The SMILES string of the molecule is CCOc1ccccc1S(=O)(=O)Nc1ccsc1-c1nc(C)no1. The third-order valence-electron chi connectivity index (χ3n) is 3.07. The van der Waals surface area contributed by atoms with Crippen molar-refractivity contribution in [2.75, 3.05) is 11.3 Å². The van der Waals surface area contributed by atoms with Crippen molar-refractivity contribution < 1.29 is 17.7 Å². The fourth-order valence-corrected chi connectivity index (χ4v) is 4.14. The Morgan fingerprint density at radius 1 is 1.29 bits per heavy atom. The second kappa shape index (κ2) is 6.62. The van der Waals surface area contributed by atoms with Crippen molar-refractivity contribution >= 4 is 27.0 Å². The molecule has 2 aromatic heterocycles. The Balaban J connectivity index is 1.96. The van der Waals surface area contributed by atoms with E-state index < -0.39 is 10.0 Å². The topological polar surface area (TPSA) is 94.3 Å². The number of aryl methyl sites for hydroxylation is 1. The highest BCUT2D eigenvalue weighted by Crippen LogP contribution is 2.35. The number of rotatable bonds is 6. The summed E-state index contributed by atoms with van der Waals surface area (Å²) in [5, 5.41) is 5.48. The number of anilines is 1. The van der Waals surface area contributed by atoms with Crippen LogP contribution in [0.1, 0.15) is 12.7 Å². The monoisotopic (exact) mass is 365 g/mol. The summed E-state index contributed by atoms with van der Waals surface area (Å²) in [7, 11) is -3.82. The molecular formula is C15H15N3O4S2. The van der Waals surface area contributed by atoms with Crippen LogP contribution < -0.4 is 9.46 Å². The van der Waals surface area contributed by atoms with Gasteiger partial charge in [0.15, 0.2) is 5.82 Å². The summed E-state index contributed by atoms with van der Waals surface area (Å²) in [5.74, 6) is 1.06. The van der Waals surface area contributed by atoms with Gasteiger partial charge in [-0.2, -0.15) is 4.98 Å². The van der Waals surface area contributed by atoms with Gasteiger partial charge in [-0.05, 0) is 37.4 Å². The van der Waals surface area contributed by atoms with Gasteiger partial charge in [-0.3, -0.25) is 4.72 Å². The predicted octanol–water partition coefficient (Wildman–Crippen LogP) is 3.31. The van der Waals surface area contributed by atoms with Crippen LogP contribution in [0, 0.1) is 6.92 Å². The van der Waals surface area contributed by atoms with Crippen LogP contribution >= 0.6 is 11.3 Å². The maximum Gasteiger partial charge on any atom is 0.270 e. The molecule has 0 aliphatic carbocycles. The molecule has 9 heteroatoms. The molecule has 0 radical (unpaired) electrons. The quantitative estimate of drug-likeness (QED) is 0.720. The molecule has 0 spiro atoms. The van der Waals surface area contributed by atoms with Gasteiger partial charge in [0.25, 0.3) is 15.9 Å². The third-order valence-corrected chi connectivity index (χ3v) is 5.38. The second-order valence-corrected chi connectivity index (χ2v) is 7.36. The number of thiophene rings is 1. The van der Waals surface area contributed by atoms with E-state index in [1.807, 2.05) is 0 Å². The molecule has 0 aliphatic heterocycles. The average Bonchev–Trinajstić information content (AvgIpc) is 3.16. The van der Waals surface area contributed by atoms with Crippen LogP contribution in [-0.4, -0.2) is 25.2 Å². The van der Waals surface area contributed by atoms with E-state index >= 15 is 0 Å². The molecular weight excluding hydrogens is 350 g/mol. The van der Waals surface area contributed by atoms with Gasteiger partial charge in [0, 0.05) is 0 Å². The standard InChI is InChI=1S/C15H15N3O4S2/c1-3-21-12-6-4-5-7-13(12)24(19,20)18-11-8-9-23-14(11)15-16-10(2)17-22-15/h4-9,18H,3H2,1-2H3. The van der Waals surface area contributed by atoms with E-state index in [4.69, 9.17) is 9.26 Å². The minimum Gasteiger partial charge on any atom is -0.492 e. The Morgan fingerprint density at radius 2 is 2.08 bits per heavy atom. The van der Waals surface area contributed by atoms with Crippen molar-refractivity contribution in [2.24, 2.45) is 0 Å². The first-order valence-corrected chi connectivity index (χ1v) is 9.50. The van der Waals surface area contributed by atoms with Gasteiger partial charge in [-0.1, -0.05) is 17.3 Å². The van der Waals surface area contributed by atoms with Crippen molar-refractivity contribution in [2.45, 2.75) is 18.7 Å². The van der Waals surface area contributed by atoms with Gasteiger partial charge in [0.2, 0.25) is 0 Å². The fraction of sp³-hybridized carbons (Fsp3) is 0.200. The predicted molar refractivity (Wildman–Crippen MR) is 90.8 cm³/mol. The van der Waals surface area contributed by atoms with Crippen LogP contribution in [-0.2, 0) is 10.0 Å². The minimum absolute atomic E-state index is 0.0747. The maximum absolute atomic E-state index is 12.7. The fourth-order valence-electron chi connectivity index (χ4n) is 2.09. The van der Waals surface area contributed by atoms with E-state index in [1.54, 1.807) is 43.5 Å². The Kier molecular flexibility index (Phi) is 4.54. The lowest BCUT2D eigenvalue weighted by Crippen LogP contribution is -2.14. The zero-order chi connectivity index (χ0) is 17.2. The molecule has 0 aliphatic rings. The molecule has 0 amide bonds. The molecule has 0 bridgehead atoms. The molecule has 0 atom stereocenters. The average molecular weight is 365 g/mol. The zero-order valence-corrected chi connectivity index (χ0v) is 14.6. The molecule has 24 heavy (non-hydrogen) atoms. The minimum atomic E-state index is -3.82. The smallest absolute Gasteiger partial charge is 0.270 e. The number of aromatic nitrogens is 2. The summed E-state index contributed by atoms with van der Waals surface area (Å²) in [6.45, 7) is 3.87. The molecule has 0 saturated heterocycles. The second-order valence-electron chi connectivity index (χ2n) is 4.80. The van der Waals surface area contributed by atoms with E-state index in [0.29, 0.717) is 28.7 Å². The highest BCUT2D eigenvalue weighted by Gasteiger charge is 2.23. The zero-order valence-electron chi connectivity index (χ0n) is 13.0. The van der Waals surface area contributed by atoms with Gasteiger partial charge in [0.05, 0.1) is 12.3 Å². The van der Waals surface area contributed by atoms with E-state index in [0.717, 1.165) is 0 Å². The van der Waals surface area contributed by atoms with Crippen molar-refractivity contribution in [3.8, 4) is 16.5 Å².